The molecule has 1 aliphatic heterocycles. The summed E-state index contributed by atoms with van der Waals surface area (Å²) in [5, 5.41) is 7.98. The van der Waals surface area contributed by atoms with Crippen molar-refractivity contribution in [3.8, 4) is 0 Å². The largest absolute Gasteiger partial charge is 0.369 e. The normalized spacial score (nSPS) is 16.7. The summed E-state index contributed by atoms with van der Waals surface area (Å²) in [5.74, 6) is -2.35. The average Bonchev–Trinajstić information content (AvgIpc) is 3.04. The molecule has 4 N–H and O–H groups in total. The van der Waals surface area contributed by atoms with E-state index in [4.69, 9.17) is 14.3 Å². The van der Waals surface area contributed by atoms with Crippen molar-refractivity contribution in [3.05, 3.63) is 71.3 Å². The van der Waals surface area contributed by atoms with E-state index < -0.39 is 29.7 Å². The molecule has 12 nitrogen and oxygen atoms in total. The molecule has 3 rings (SSSR count). The highest BCUT2D eigenvalue weighted by atomic mass is 16.7. The van der Waals surface area contributed by atoms with Crippen molar-refractivity contribution >= 4 is 29.6 Å². The van der Waals surface area contributed by atoms with E-state index in [1.807, 2.05) is 30.3 Å². The fourth-order valence-corrected chi connectivity index (χ4v) is 4.63. The molecule has 1 fully saturated rings. The van der Waals surface area contributed by atoms with Crippen LogP contribution in [0.15, 0.2) is 54.6 Å². The van der Waals surface area contributed by atoms with Crippen molar-refractivity contribution in [2.45, 2.75) is 63.8 Å². The van der Waals surface area contributed by atoms with Gasteiger partial charge in [0, 0.05) is 13.1 Å². The zero-order valence-corrected chi connectivity index (χ0v) is 25.6. The Morgan fingerprint density at radius 2 is 1.47 bits per heavy atom. The highest BCUT2D eigenvalue weighted by molar-refractivity contribution is 5.88. The van der Waals surface area contributed by atoms with E-state index in [0.29, 0.717) is 25.8 Å². The smallest absolute Gasteiger partial charge is 0.334 e. The molecule has 0 aliphatic carbocycles. The summed E-state index contributed by atoms with van der Waals surface area (Å²) in [6.45, 7) is 0.306. The molecule has 2 aromatic carbocycles. The van der Waals surface area contributed by atoms with Crippen LogP contribution in [0.4, 0.5) is 0 Å². The van der Waals surface area contributed by atoms with Gasteiger partial charge in [-0.3, -0.25) is 19.2 Å². The molecule has 1 saturated heterocycles. The summed E-state index contributed by atoms with van der Waals surface area (Å²) in [6, 6.07) is 17.4. The van der Waals surface area contributed by atoms with Gasteiger partial charge in [0.05, 0.1) is 26.1 Å². The Morgan fingerprint density at radius 1 is 0.822 bits per heavy atom. The second kappa shape index (κ2) is 20.6. The zero-order chi connectivity index (χ0) is 32.1. The summed E-state index contributed by atoms with van der Waals surface area (Å²) < 4.78 is 10.4. The van der Waals surface area contributed by atoms with Crippen LogP contribution in [0.2, 0.25) is 0 Å². The van der Waals surface area contributed by atoms with Crippen molar-refractivity contribution in [1.29, 1.82) is 0 Å². The highest BCUT2D eigenvalue weighted by Crippen LogP contribution is 2.11. The molecule has 1 atom stereocenters. The van der Waals surface area contributed by atoms with E-state index in [1.165, 1.54) is 11.1 Å². The van der Waals surface area contributed by atoms with Crippen molar-refractivity contribution in [2.75, 3.05) is 39.5 Å². The van der Waals surface area contributed by atoms with E-state index in [-0.39, 0.29) is 51.7 Å². The Labute approximate surface area is 263 Å². The molecule has 2 aromatic rings. The van der Waals surface area contributed by atoms with Crippen LogP contribution in [-0.4, -0.2) is 75.2 Å². The molecule has 0 radical (unpaired) electrons. The Kier molecular flexibility index (Phi) is 16.1. The maximum Gasteiger partial charge on any atom is 0.334 e. The lowest BCUT2D eigenvalue weighted by molar-refractivity contribution is -0.158. The minimum atomic E-state index is -0.838. The Bertz CT molecular complexity index is 1220. The predicted octanol–water partition coefficient (Wildman–Crippen LogP) is 1.69. The number of hydroxylamine groups is 1. The van der Waals surface area contributed by atoms with Crippen LogP contribution in [0.25, 0.3) is 0 Å². The SMILES string of the molecule is O=C1COCCOCC(=O)N[C@H](C(=O)NCCC(=O)ONC(=O)Cc2ccc(CCCCc3ccccc3)cc2)CCCCN1. The number of hydrogen-bond acceptors (Lipinski definition) is 8. The van der Waals surface area contributed by atoms with E-state index in [0.717, 1.165) is 31.2 Å². The van der Waals surface area contributed by atoms with Gasteiger partial charge in [0.15, 0.2) is 0 Å². The number of carbonyl (C=O) groups is 5. The first-order chi connectivity index (χ1) is 21.9. The molecule has 0 spiro atoms. The lowest BCUT2D eigenvalue weighted by atomic mass is 10.0. The lowest BCUT2D eigenvalue weighted by Crippen LogP contribution is -2.48. The molecule has 0 aromatic heterocycles. The number of aryl methyl sites for hydroxylation is 2. The number of benzene rings is 2. The van der Waals surface area contributed by atoms with Crippen LogP contribution in [0, 0.1) is 0 Å². The van der Waals surface area contributed by atoms with Crippen molar-refractivity contribution in [2.24, 2.45) is 0 Å². The van der Waals surface area contributed by atoms with Gasteiger partial charge < -0.3 is 30.3 Å². The summed E-state index contributed by atoms with van der Waals surface area (Å²) in [5.41, 5.74) is 5.50. The van der Waals surface area contributed by atoms with Crippen LogP contribution < -0.4 is 21.4 Å². The van der Waals surface area contributed by atoms with Gasteiger partial charge in [0.25, 0.3) is 5.91 Å². The number of ether oxygens (including phenoxy) is 2. The van der Waals surface area contributed by atoms with Crippen molar-refractivity contribution < 1.29 is 38.3 Å². The first-order valence-electron chi connectivity index (χ1n) is 15.5. The van der Waals surface area contributed by atoms with Gasteiger partial charge in [-0.25, -0.2) is 4.79 Å². The van der Waals surface area contributed by atoms with Crippen LogP contribution in [0.1, 0.15) is 55.2 Å². The minimum absolute atomic E-state index is 0.0450. The quantitative estimate of drug-likeness (QED) is 0.217. The standard InChI is InChI=1S/C33H44N4O8/c38-29(22-27-15-13-26(14-16-27)11-5-4-10-25-8-2-1-3-9-25)37-45-32(41)17-19-35-33(42)28-12-6-7-18-34-30(39)23-43-20-21-44-24-31(40)36-28/h1-3,8-9,13-16,28H,4-7,10-12,17-24H2,(H,34,39)(H,35,42)(H,36,40)(H,37,38)/t28-/m0/s1. The molecule has 4 amide bonds. The van der Waals surface area contributed by atoms with Crippen LogP contribution in [0.5, 0.6) is 0 Å². The molecule has 45 heavy (non-hydrogen) atoms. The lowest BCUT2D eigenvalue weighted by Gasteiger charge is -2.18. The number of unbranched alkanes of at least 4 members (excludes halogenated alkanes) is 1. The summed E-state index contributed by atoms with van der Waals surface area (Å²) in [7, 11) is 0. The highest BCUT2D eigenvalue weighted by Gasteiger charge is 2.21. The fourth-order valence-electron chi connectivity index (χ4n) is 4.63. The Hall–Kier alpha value is -4.29. The summed E-state index contributed by atoms with van der Waals surface area (Å²) in [6.07, 6.45) is 5.57. The van der Waals surface area contributed by atoms with Crippen LogP contribution in [0.3, 0.4) is 0 Å². The van der Waals surface area contributed by atoms with E-state index in [9.17, 15) is 24.0 Å². The summed E-state index contributed by atoms with van der Waals surface area (Å²) >= 11 is 0. The Balaban J connectivity index is 1.31. The first kappa shape index (κ1) is 35.2. The average molecular weight is 625 g/mol. The molecule has 1 heterocycles. The van der Waals surface area contributed by atoms with Crippen LogP contribution >= 0.6 is 0 Å². The number of rotatable bonds is 11. The topological polar surface area (TPSA) is 161 Å². The number of nitrogens with one attached hydrogen (secondary N) is 4. The third-order valence-corrected chi connectivity index (χ3v) is 7.05. The number of amides is 4. The van der Waals surface area contributed by atoms with Gasteiger partial charge >= 0.3 is 5.97 Å². The minimum Gasteiger partial charge on any atom is -0.369 e. The second-order valence-corrected chi connectivity index (χ2v) is 10.8. The maximum atomic E-state index is 12.7. The van der Waals surface area contributed by atoms with Gasteiger partial charge in [0.1, 0.15) is 19.3 Å². The molecule has 0 saturated carbocycles. The fraction of sp³-hybridized carbons (Fsp3) is 0.485. The molecule has 1 aliphatic rings. The third kappa shape index (κ3) is 15.3. The van der Waals surface area contributed by atoms with Gasteiger partial charge in [-0.15, -0.1) is 0 Å². The summed E-state index contributed by atoms with van der Waals surface area (Å²) in [4.78, 5) is 65.9. The third-order valence-electron chi connectivity index (χ3n) is 7.05. The first-order valence-corrected chi connectivity index (χ1v) is 15.5. The Morgan fingerprint density at radius 3 is 2.18 bits per heavy atom. The van der Waals surface area contributed by atoms with Crippen LogP contribution in [-0.2, 0) is 57.5 Å². The second-order valence-electron chi connectivity index (χ2n) is 10.8. The monoisotopic (exact) mass is 624 g/mol. The molecule has 0 unspecified atom stereocenters. The molecular formula is C33H44N4O8. The van der Waals surface area contributed by atoms with E-state index >= 15 is 0 Å². The van der Waals surface area contributed by atoms with E-state index in [1.54, 1.807) is 0 Å². The molecule has 12 heteroatoms. The van der Waals surface area contributed by atoms with Gasteiger partial charge in [-0.2, -0.15) is 5.48 Å². The van der Waals surface area contributed by atoms with Crippen molar-refractivity contribution in [3.63, 3.8) is 0 Å². The van der Waals surface area contributed by atoms with E-state index in [2.05, 4.69) is 45.7 Å². The molecule has 244 valence electrons. The molecule has 0 bridgehead atoms. The van der Waals surface area contributed by atoms with Gasteiger partial charge in [-0.05, 0) is 61.6 Å². The van der Waals surface area contributed by atoms with Crippen molar-refractivity contribution in [1.82, 2.24) is 21.4 Å². The molecular weight excluding hydrogens is 580 g/mol. The van der Waals surface area contributed by atoms with Gasteiger partial charge in [-0.1, -0.05) is 54.6 Å². The zero-order valence-electron chi connectivity index (χ0n) is 25.6. The number of carbonyl (C=O) groups excluding carboxylic acids is 5. The predicted molar refractivity (Wildman–Crippen MR) is 166 cm³/mol. The maximum absolute atomic E-state index is 12.7. The number of hydrogen-bond donors (Lipinski definition) is 4. The van der Waals surface area contributed by atoms with Gasteiger partial charge in [0.2, 0.25) is 17.7 Å².